The third-order valence-corrected chi connectivity index (χ3v) is 5.18. The van der Waals surface area contributed by atoms with Crippen LogP contribution in [0.5, 0.6) is 0 Å². The van der Waals surface area contributed by atoms with Crippen molar-refractivity contribution in [3.63, 3.8) is 0 Å². The van der Waals surface area contributed by atoms with Crippen LogP contribution < -0.4 is 11.1 Å². The van der Waals surface area contributed by atoms with E-state index in [-0.39, 0.29) is 11.9 Å². The number of amides is 1. The van der Waals surface area contributed by atoms with Gasteiger partial charge in [0, 0.05) is 10.9 Å². The number of nitrogens with two attached hydrogens (primary N) is 1. The van der Waals surface area contributed by atoms with Gasteiger partial charge in [0.1, 0.15) is 0 Å². The molecule has 4 heteroatoms. The predicted molar refractivity (Wildman–Crippen MR) is 75.7 cm³/mol. The van der Waals surface area contributed by atoms with Crippen LogP contribution in [0.15, 0.2) is 17.5 Å². The summed E-state index contributed by atoms with van der Waals surface area (Å²) >= 11 is 1.64. The molecule has 1 aliphatic carbocycles. The van der Waals surface area contributed by atoms with Crippen molar-refractivity contribution in [1.82, 2.24) is 5.32 Å². The molecule has 3 N–H and O–H groups in total. The average molecular weight is 266 g/mol. The molecule has 0 aromatic carbocycles. The van der Waals surface area contributed by atoms with Crippen molar-refractivity contribution in [3.8, 4) is 0 Å². The molecule has 2 unspecified atom stereocenters. The van der Waals surface area contributed by atoms with Gasteiger partial charge in [-0.3, -0.25) is 4.79 Å². The molecule has 3 nitrogen and oxygen atoms in total. The van der Waals surface area contributed by atoms with Crippen LogP contribution in [0.2, 0.25) is 0 Å². The first-order chi connectivity index (χ1) is 8.55. The second kappa shape index (κ2) is 5.41. The van der Waals surface area contributed by atoms with Gasteiger partial charge in [0.2, 0.25) is 5.91 Å². The molecule has 2 atom stereocenters. The molecule has 1 aromatic heterocycles. The van der Waals surface area contributed by atoms with E-state index >= 15 is 0 Å². The van der Waals surface area contributed by atoms with E-state index in [2.05, 4.69) is 5.32 Å². The fraction of sp³-hybridized carbons (Fsp3) is 0.643. The van der Waals surface area contributed by atoms with Crippen molar-refractivity contribution >= 4 is 17.2 Å². The summed E-state index contributed by atoms with van der Waals surface area (Å²) in [6, 6.07) is 4.29. The fourth-order valence-corrected chi connectivity index (χ4v) is 3.45. The van der Waals surface area contributed by atoms with Crippen LogP contribution in [0.3, 0.4) is 0 Å². The maximum atomic E-state index is 12.4. The number of carbonyl (C=O) groups excluding carboxylic acids is 1. The molecule has 1 fully saturated rings. The molecule has 1 saturated carbocycles. The molecule has 0 aliphatic heterocycles. The summed E-state index contributed by atoms with van der Waals surface area (Å²) in [5, 5.41) is 5.21. The summed E-state index contributed by atoms with van der Waals surface area (Å²) in [6.45, 7) is 4.64. The molecule has 0 spiro atoms. The molecule has 0 radical (unpaired) electrons. The maximum Gasteiger partial charge on any atom is 0.231 e. The van der Waals surface area contributed by atoms with Crippen LogP contribution >= 0.6 is 11.3 Å². The fourth-order valence-electron chi connectivity index (χ4n) is 2.60. The zero-order chi connectivity index (χ0) is 13.2. The Morgan fingerprint density at radius 2 is 2.33 bits per heavy atom. The highest BCUT2D eigenvalue weighted by molar-refractivity contribution is 7.10. The molecule has 0 bridgehead atoms. The van der Waals surface area contributed by atoms with Gasteiger partial charge >= 0.3 is 0 Å². The van der Waals surface area contributed by atoms with Gasteiger partial charge in [-0.2, -0.15) is 0 Å². The van der Waals surface area contributed by atoms with E-state index in [1.807, 2.05) is 31.4 Å². The zero-order valence-electron chi connectivity index (χ0n) is 11.1. The van der Waals surface area contributed by atoms with E-state index in [1.165, 1.54) is 6.42 Å². The maximum absolute atomic E-state index is 12.4. The highest BCUT2D eigenvalue weighted by Crippen LogP contribution is 2.30. The third kappa shape index (κ3) is 2.59. The highest BCUT2D eigenvalue weighted by atomic mass is 32.1. The Hall–Kier alpha value is -0.870. The minimum Gasteiger partial charge on any atom is -0.352 e. The standard InChI is InChI=1S/C14H22N2OS/c1-14(2,12-7-4-8-18-12)13(17)16-11-6-3-5-10(11)9-15/h4,7-8,10-11H,3,5-6,9,15H2,1-2H3,(H,16,17). The molecule has 1 amide bonds. The second-order valence-electron chi connectivity index (χ2n) is 5.61. The van der Waals surface area contributed by atoms with Crippen molar-refractivity contribution in [2.75, 3.05) is 6.54 Å². The van der Waals surface area contributed by atoms with Crippen LogP contribution in [-0.2, 0) is 10.2 Å². The minimum atomic E-state index is -0.449. The Morgan fingerprint density at radius 1 is 1.56 bits per heavy atom. The first-order valence-corrected chi connectivity index (χ1v) is 7.48. The topological polar surface area (TPSA) is 55.1 Å². The van der Waals surface area contributed by atoms with E-state index in [0.29, 0.717) is 12.5 Å². The number of carbonyl (C=O) groups is 1. The van der Waals surface area contributed by atoms with Crippen LogP contribution in [0, 0.1) is 5.92 Å². The monoisotopic (exact) mass is 266 g/mol. The number of hydrogen-bond donors (Lipinski definition) is 2. The molecule has 100 valence electrons. The van der Waals surface area contributed by atoms with Gasteiger partial charge in [0.25, 0.3) is 0 Å². The summed E-state index contributed by atoms with van der Waals surface area (Å²) in [6.07, 6.45) is 3.38. The van der Waals surface area contributed by atoms with Crippen LogP contribution in [0.1, 0.15) is 38.0 Å². The third-order valence-electron chi connectivity index (χ3n) is 3.98. The van der Waals surface area contributed by atoms with Crippen molar-refractivity contribution in [3.05, 3.63) is 22.4 Å². The number of hydrogen-bond acceptors (Lipinski definition) is 3. The van der Waals surface area contributed by atoms with Crippen molar-refractivity contribution in [2.24, 2.45) is 11.7 Å². The Balaban J connectivity index is 2.03. The molecule has 0 saturated heterocycles. The zero-order valence-corrected chi connectivity index (χ0v) is 11.9. The highest BCUT2D eigenvalue weighted by Gasteiger charge is 2.35. The van der Waals surface area contributed by atoms with Gasteiger partial charge in [0.05, 0.1) is 5.41 Å². The Labute approximate surface area is 113 Å². The molecular formula is C14H22N2OS. The molecule has 1 aliphatic rings. The lowest BCUT2D eigenvalue weighted by atomic mass is 9.89. The lowest BCUT2D eigenvalue weighted by molar-refractivity contribution is -0.126. The van der Waals surface area contributed by atoms with Crippen molar-refractivity contribution < 1.29 is 4.79 Å². The van der Waals surface area contributed by atoms with Crippen LogP contribution in [0.4, 0.5) is 0 Å². The van der Waals surface area contributed by atoms with Gasteiger partial charge in [-0.05, 0) is 50.6 Å². The van der Waals surface area contributed by atoms with Gasteiger partial charge in [-0.1, -0.05) is 12.5 Å². The molecule has 1 aromatic rings. The smallest absolute Gasteiger partial charge is 0.231 e. The summed E-state index contributed by atoms with van der Waals surface area (Å²) in [5.41, 5.74) is 5.31. The number of thiophene rings is 1. The first-order valence-electron chi connectivity index (χ1n) is 6.60. The van der Waals surface area contributed by atoms with Crippen molar-refractivity contribution in [1.29, 1.82) is 0 Å². The molecule has 1 heterocycles. The lowest BCUT2D eigenvalue weighted by Gasteiger charge is -2.27. The lowest BCUT2D eigenvalue weighted by Crippen LogP contribution is -2.47. The quantitative estimate of drug-likeness (QED) is 0.878. The molecule has 18 heavy (non-hydrogen) atoms. The van der Waals surface area contributed by atoms with Gasteiger partial charge in [0.15, 0.2) is 0 Å². The summed E-state index contributed by atoms with van der Waals surface area (Å²) in [7, 11) is 0. The number of nitrogens with one attached hydrogen (secondary N) is 1. The van der Waals surface area contributed by atoms with Gasteiger partial charge in [-0.15, -0.1) is 11.3 Å². The van der Waals surface area contributed by atoms with E-state index in [0.717, 1.165) is 17.7 Å². The Kier molecular flexibility index (Phi) is 4.07. The molecular weight excluding hydrogens is 244 g/mol. The van der Waals surface area contributed by atoms with E-state index in [4.69, 9.17) is 5.73 Å². The van der Waals surface area contributed by atoms with E-state index < -0.39 is 5.41 Å². The number of rotatable bonds is 4. The van der Waals surface area contributed by atoms with Gasteiger partial charge < -0.3 is 11.1 Å². The predicted octanol–water partition coefficient (Wildman–Crippen LogP) is 2.27. The van der Waals surface area contributed by atoms with E-state index in [1.54, 1.807) is 11.3 Å². The minimum absolute atomic E-state index is 0.121. The summed E-state index contributed by atoms with van der Waals surface area (Å²) in [4.78, 5) is 13.5. The van der Waals surface area contributed by atoms with Gasteiger partial charge in [-0.25, -0.2) is 0 Å². The summed E-state index contributed by atoms with van der Waals surface area (Å²) in [5.74, 6) is 0.573. The SMILES string of the molecule is CC(C)(C(=O)NC1CCCC1CN)c1cccs1. The summed E-state index contributed by atoms with van der Waals surface area (Å²) < 4.78 is 0. The van der Waals surface area contributed by atoms with Crippen LogP contribution in [0.25, 0.3) is 0 Å². The first kappa shape index (κ1) is 13.6. The van der Waals surface area contributed by atoms with Crippen molar-refractivity contribution in [2.45, 2.75) is 44.6 Å². The molecule has 2 rings (SSSR count). The van der Waals surface area contributed by atoms with Crippen LogP contribution in [-0.4, -0.2) is 18.5 Å². The Bertz CT molecular complexity index is 400. The Morgan fingerprint density at radius 3 is 2.94 bits per heavy atom. The average Bonchev–Trinajstić information content (AvgIpc) is 2.99. The second-order valence-corrected chi connectivity index (χ2v) is 6.56. The normalized spacial score (nSPS) is 24.2. The largest absolute Gasteiger partial charge is 0.352 e. The van der Waals surface area contributed by atoms with E-state index in [9.17, 15) is 4.79 Å².